The van der Waals surface area contributed by atoms with E-state index in [1.54, 1.807) is 19.1 Å². The van der Waals surface area contributed by atoms with Crippen LogP contribution in [0.2, 0.25) is 5.02 Å². The molecule has 1 aromatic heterocycles. The Morgan fingerprint density at radius 2 is 1.90 bits per heavy atom. The lowest BCUT2D eigenvalue weighted by atomic mass is 10.0. The van der Waals surface area contributed by atoms with Gasteiger partial charge in [-0.1, -0.05) is 17.7 Å². The number of aryl methyl sites for hydroxylation is 1. The van der Waals surface area contributed by atoms with Crippen molar-refractivity contribution < 1.29 is 13.9 Å². The molecule has 0 fully saturated rings. The van der Waals surface area contributed by atoms with Crippen LogP contribution in [-0.4, -0.2) is 5.11 Å². The van der Waals surface area contributed by atoms with Gasteiger partial charge in [0.05, 0.1) is 0 Å². The highest BCUT2D eigenvalue weighted by Gasteiger charge is 2.18. The fourth-order valence-corrected chi connectivity index (χ4v) is 3.55. The first-order valence-corrected chi connectivity index (χ1v) is 7.48. The minimum Gasteiger partial charge on any atom is -0.383 e. The van der Waals surface area contributed by atoms with Crippen molar-refractivity contribution in [1.82, 2.24) is 0 Å². The fraction of sp³-hybridized carbons (Fsp3) is 0.125. The molecule has 1 N–H and O–H groups in total. The summed E-state index contributed by atoms with van der Waals surface area (Å²) in [5.74, 6) is -0.726. The molecule has 0 amide bonds. The van der Waals surface area contributed by atoms with Gasteiger partial charge in [0.2, 0.25) is 0 Å². The van der Waals surface area contributed by atoms with Gasteiger partial charge in [-0.2, -0.15) is 0 Å². The van der Waals surface area contributed by atoms with Gasteiger partial charge < -0.3 is 5.11 Å². The van der Waals surface area contributed by atoms with E-state index in [0.717, 1.165) is 10.1 Å². The Hall–Kier alpha value is -1.49. The van der Waals surface area contributed by atoms with E-state index in [0.29, 0.717) is 16.0 Å². The number of benzene rings is 2. The van der Waals surface area contributed by atoms with Crippen molar-refractivity contribution in [2.24, 2.45) is 0 Å². The molecular formula is C16H11ClF2OS. The Morgan fingerprint density at radius 1 is 1.14 bits per heavy atom. The molecule has 0 bridgehead atoms. The summed E-state index contributed by atoms with van der Waals surface area (Å²) in [5.41, 5.74) is 0.864. The third kappa shape index (κ3) is 2.67. The highest BCUT2D eigenvalue weighted by molar-refractivity contribution is 7.19. The lowest BCUT2D eigenvalue weighted by molar-refractivity contribution is 0.224. The zero-order valence-corrected chi connectivity index (χ0v) is 12.6. The summed E-state index contributed by atoms with van der Waals surface area (Å²) in [6.07, 6.45) is -0.961. The second-order valence-corrected chi connectivity index (χ2v) is 6.38. The van der Waals surface area contributed by atoms with Crippen molar-refractivity contribution in [3.63, 3.8) is 0 Å². The van der Waals surface area contributed by atoms with Crippen LogP contribution in [-0.2, 0) is 0 Å². The molecule has 3 rings (SSSR count). The smallest absolute Gasteiger partial charge is 0.127 e. The van der Waals surface area contributed by atoms with Gasteiger partial charge in [-0.15, -0.1) is 11.3 Å². The van der Waals surface area contributed by atoms with Crippen molar-refractivity contribution in [2.45, 2.75) is 13.0 Å². The molecule has 3 aromatic rings. The number of aliphatic hydroxyl groups excluding tert-OH is 1. The Morgan fingerprint density at radius 3 is 2.67 bits per heavy atom. The van der Waals surface area contributed by atoms with Crippen LogP contribution in [0.25, 0.3) is 10.1 Å². The second kappa shape index (κ2) is 5.37. The van der Waals surface area contributed by atoms with E-state index in [1.165, 1.54) is 35.6 Å². The fourth-order valence-electron chi connectivity index (χ4n) is 2.20. The molecule has 0 radical (unpaired) electrons. The van der Waals surface area contributed by atoms with Gasteiger partial charge in [-0.3, -0.25) is 0 Å². The van der Waals surface area contributed by atoms with Gasteiger partial charge >= 0.3 is 0 Å². The molecule has 1 atom stereocenters. The number of halogens is 3. The van der Waals surface area contributed by atoms with Crippen LogP contribution < -0.4 is 0 Å². The van der Waals surface area contributed by atoms with E-state index in [1.807, 2.05) is 0 Å². The molecule has 0 saturated carbocycles. The Kier molecular flexibility index (Phi) is 3.69. The standard InChI is InChI=1S/C16H11ClF2OS/c1-8-4-11(12(17)7-13(8)19)16(20)15-5-9-2-3-10(18)6-14(9)21-15/h2-7,16,20H,1H3. The second-order valence-electron chi connectivity index (χ2n) is 4.86. The minimum atomic E-state index is -0.961. The van der Waals surface area contributed by atoms with Gasteiger partial charge in [0.25, 0.3) is 0 Å². The van der Waals surface area contributed by atoms with E-state index in [4.69, 9.17) is 11.6 Å². The van der Waals surface area contributed by atoms with Crippen molar-refractivity contribution in [3.8, 4) is 0 Å². The van der Waals surface area contributed by atoms with Crippen molar-refractivity contribution >= 4 is 33.0 Å². The summed E-state index contributed by atoms with van der Waals surface area (Å²) in [4.78, 5) is 0.642. The maximum atomic E-state index is 13.4. The van der Waals surface area contributed by atoms with Gasteiger partial charge in [0.1, 0.15) is 17.7 Å². The Balaban J connectivity index is 2.07. The summed E-state index contributed by atoms with van der Waals surface area (Å²) in [7, 11) is 0. The van der Waals surface area contributed by atoms with Crippen LogP contribution in [0.15, 0.2) is 36.4 Å². The lowest BCUT2D eigenvalue weighted by Crippen LogP contribution is -2.00. The summed E-state index contributed by atoms with van der Waals surface area (Å²) in [6, 6.07) is 8.98. The number of hydrogen-bond acceptors (Lipinski definition) is 2. The van der Waals surface area contributed by atoms with Gasteiger partial charge in [-0.05, 0) is 48.2 Å². The summed E-state index contributed by atoms with van der Waals surface area (Å²) >= 11 is 7.31. The normalized spacial score (nSPS) is 12.8. The molecule has 0 aliphatic carbocycles. The van der Waals surface area contributed by atoms with Crippen molar-refractivity contribution in [3.05, 3.63) is 69.1 Å². The molecule has 0 aliphatic heterocycles. The maximum absolute atomic E-state index is 13.4. The van der Waals surface area contributed by atoms with Crippen LogP contribution >= 0.6 is 22.9 Å². The van der Waals surface area contributed by atoms with E-state index in [9.17, 15) is 13.9 Å². The summed E-state index contributed by atoms with van der Waals surface area (Å²) in [6.45, 7) is 1.61. The quantitative estimate of drug-likeness (QED) is 0.685. The predicted octanol–water partition coefficient (Wildman–Crippen LogP) is 5.22. The maximum Gasteiger partial charge on any atom is 0.127 e. The van der Waals surface area contributed by atoms with Gasteiger partial charge in [0.15, 0.2) is 0 Å². The molecule has 5 heteroatoms. The average molecular weight is 325 g/mol. The van der Waals surface area contributed by atoms with Crippen LogP contribution in [0, 0.1) is 18.6 Å². The third-order valence-corrected chi connectivity index (χ3v) is 4.82. The number of hydrogen-bond donors (Lipinski definition) is 1. The van der Waals surface area contributed by atoms with Gasteiger partial charge in [0, 0.05) is 20.2 Å². The molecule has 0 saturated heterocycles. The minimum absolute atomic E-state index is 0.175. The lowest BCUT2D eigenvalue weighted by Gasteiger charge is -2.12. The molecule has 1 heterocycles. The molecule has 21 heavy (non-hydrogen) atoms. The zero-order chi connectivity index (χ0) is 15.1. The highest BCUT2D eigenvalue weighted by atomic mass is 35.5. The third-order valence-electron chi connectivity index (χ3n) is 3.34. The first-order valence-electron chi connectivity index (χ1n) is 6.28. The van der Waals surface area contributed by atoms with Crippen molar-refractivity contribution in [2.75, 3.05) is 0 Å². The average Bonchev–Trinajstić information content (AvgIpc) is 2.85. The van der Waals surface area contributed by atoms with E-state index >= 15 is 0 Å². The van der Waals surface area contributed by atoms with Crippen molar-refractivity contribution in [1.29, 1.82) is 0 Å². The number of thiophene rings is 1. The Bertz CT molecular complexity index is 829. The summed E-state index contributed by atoms with van der Waals surface area (Å²) < 4.78 is 27.4. The first-order chi connectivity index (χ1) is 9.95. The molecule has 2 aromatic carbocycles. The van der Waals surface area contributed by atoms with Crippen LogP contribution in [0.3, 0.4) is 0 Å². The predicted molar refractivity (Wildman–Crippen MR) is 82.0 cm³/mol. The van der Waals surface area contributed by atoms with E-state index in [2.05, 4.69) is 0 Å². The van der Waals surface area contributed by atoms with Crippen LogP contribution in [0.4, 0.5) is 8.78 Å². The molecule has 108 valence electrons. The van der Waals surface area contributed by atoms with Gasteiger partial charge in [-0.25, -0.2) is 8.78 Å². The molecule has 1 nitrogen and oxygen atoms in total. The highest BCUT2D eigenvalue weighted by Crippen LogP contribution is 2.36. The van der Waals surface area contributed by atoms with Crippen LogP contribution in [0.5, 0.6) is 0 Å². The SMILES string of the molecule is Cc1cc(C(O)c2cc3ccc(F)cc3s2)c(Cl)cc1F. The Labute approximate surface area is 129 Å². The monoisotopic (exact) mass is 324 g/mol. The largest absolute Gasteiger partial charge is 0.383 e. The topological polar surface area (TPSA) is 20.2 Å². The number of rotatable bonds is 2. The zero-order valence-electron chi connectivity index (χ0n) is 11.0. The number of fused-ring (bicyclic) bond motifs is 1. The van der Waals surface area contributed by atoms with Crippen LogP contribution in [0.1, 0.15) is 22.1 Å². The summed E-state index contributed by atoms with van der Waals surface area (Å²) in [5, 5.41) is 11.5. The molecule has 0 aliphatic rings. The molecule has 1 unspecified atom stereocenters. The van der Waals surface area contributed by atoms with E-state index < -0.39 is 11.9 Å². The van der Waals surface area contributed by atoms with E-state index in [-0.39, 0.29) is 10.8 Å². The molecule has 0 spiro atoms. The molecular weight excluding hydrogens is 314 g/mol. The number of aliphatic hydroxyl groups is 1. The first kappa shape index (κ1) is 14.4.